The van der Waals surface area contributed by atoms with Crippen LogP contribution in [0, 0.1) is 0 Å². The van der Waals surface area contributed by atoms with E-state index in [9.17, 15) is 22.6 Å². The second kappa shape index (κ2) is 6.28. The number of aliphatic hydroxyl groups is 1. The number of benzene rings is 2. The Morgan fingerprint density at radius 3 is 2.40 bits per heavy atom. The molecule has 2 aromatic carbocycles. The summed E-state index contributed by atoms with van der Waals surface area (Å²) in [7, 11) is -4.41. The van der Waals surface area contributed by atoms with Gasteiger partial charge in [-0.25, -0.2) is 0 Å². The SMILES string of the molecule is O=C1C=C(Nc2cccc3c(S(=O)(=O)O)cccc23)C(=O)N1CCO. The lowest BCUT2D eigenvalue weighted by Crippen LogP contribution is -2.34. The van der Waals surface area contributed by atoms with Gasteiger partial charge in [0.2, 0.25) is 0 Å². The summed E-state index contributed by atoms with van der Waals surface area (Å²) < 4.78 is 32.4. The van der Waals surface area contributed by atoms with Gasteiger partial charge in [0.1, 0.15) is 10.6 Å². The Hall–Kier alpha value is -2.75. The van der Waals surface area contributed by atoms with Crippen LogP contribution in [-0.2, 0) is 19.7 Å². The summed E-state index contributed by atoms with van der Waals surface area (Å²) >= 11 is 0. The Labute approximate surface area is 143 Å². The fourth-order valence-electron chi connectivity index (χ4n) is 2.67. The molecule has 2 amide bonds. The highest BCUT2D eigenvalue weighted by Gasteiger charge is 2.30. The predicted molar refractivity (Wildman–Crippen MR) is 89.3 cm³/mol. The number of rotatable bonds is 5. The Balaban J connectivity index is 2.03. The van der Waals surface area contributed by atoms with Crippen LogP contribution in [0.1, 0.15) is 0 Å². The highest BCUT2D eigenvalue weighted by Crippen LogP contribution is 2.30. The van der Waals surface area contributed by atoms with Crippen LogP contribution in [0.5, 0.6) is 0 Å². The largest absolute Gasteiger partial charge is 0.395 e. The molecule has 25 heavy (non-hydrogen) atoms. The van der Waals surface area contributed by atoms with Crippen molar-refractivity contribution in [1.29, 1.82) is 0 Å². The number of hydrogen-bond donors (Lipinski definition) is 3. The monoisotopic (exact) mass is 362 g/mol. The zero-order chi connectivity index (χ0) is 18.2. The van der Waals surface area contributed by atoms with Gasteiger partial charge < -0.3 is 10.4 Å². The van der Waals surface area contributed by atoms with Gasteiger partial charge in [-0.3, -0.25) is 19.0 Å². The second-order valence-corrected chi connectivity index (χ2v) is 6.72. The molecule has 0 aromatic heterocycles. The first-order valence-corrected chi connectivity index (χ1v) is 8.71. The molecule has 1 aliphatic heterocycles. The third kappa shape index (κ3) is 3.12. The molecule has 3 rings (SSSR count). The van der Waals surface area contributed by atoms with Crippen molar-refractivity contribution in [2.24, 2.45) is 0 Å². The van der Waals surface area contributed by atoms with Gasteiger partial charge in [-0.2, -0.15) is 8.42 Å². The standard InChI is InChI=1S/C16H14N2O6S/c19-8-7-18-15(20)9-13(16(18)21)17-12-5-1-4-11-10(12)3-2-6-14(11)25(22,23)24/h1-6,9,17,19H,7-8H2,(H,22,23,24). The maximum Gasteiger partial charge on any atom is 0.295 e. The quantitative estimate of drug-likeness (QED) is 0.529. The van der Waals surface area contributed by atoms with Crippen LogP contribution in [0.25, 0.3) is 10.8 Å². The molecule has 2 aromatic rings. The molecule has 0 saturated carbocycles. The molecule has 0 fully saturated rings. The van der Waals surface area contributed by atoms with Crippen LogP contribution in [0.4, 0.5) is 5.69 Å². The molecule has 0 aliphatic carbocycles. The molecular weight excluding hydrogens is 348 g/mol. The zero-order valence-corrected chi connectivity index (χ0v) is 13.7. The third-order valence-electron chi connectivity index (χ3n) is 3.76. The van der Waals surface area contributed by atoms with Crippen LogP contribution in [-0.4, -0.2) is 47.9 Å². The number of carbonyl (C=O) groups excluding carboxylic acids is 2. The van der Waals surface area contributed by atoms with E-state index in [1.165, 1.54) is 18.2 Å². The van der Waals surface area contributed by atoms with E-state index in [0.29, 0.717) is 11.1 Å². The summed E-state index contributed by atoms with van der Waals surface area (Å²) in [4.78, 5) is 24.6. The number of hydrogen-bond acceptors (Lipinski definition) is 6. The van der Waals surface area contributed by atoms with E-state index >= 15 is 0 Å². The Kier molecular flexibility index (Phi) is 4.29. The van der Waals surface area contributed by atoms with Gasteiger partial charge in [0.25, 0.3) is 21.9 Å². The van der Waals surface area contributed by atoms with Gasteiger partial charge in [0, 0.05) is 22.5 Å². The minimum Gasteiger partial charge on any atom is -0.395 e. The number of fused-ring (bicyclic) bond motifs is 1. The van der Waals surface area contributed by atoms with Crippen molar-refractivity contribution < 1.29 is 27.7 Å². The average Bonchev–Trinajstić information content (AvgIpc) is 2.82. The maximum atomic E-state index is 12.2. The third-order valence-corrected chi connectivity index (χ3v) is 4.67. The van der Waals surface area contributed by atoms with Gasteiger partial charge >= 0.3 is 0 Å². The lowest BCUT2D eigenvalue weighted by molar-refractivity contribution is -0.137. The molecule has 1 aliphatic rings. The molecule has 130 valence electrons. The average molecular weight is 362 g/mol. The summed E-state index contributed by atoms with van der Waals surface area (Å²) in [6.07, 6.45) is 1.11. The van der Waals surface area contributed by atoms with Crippen molar-refractivity contribution in [1.82, 2.24) is 4.90 Å². The number of aliphatic hydroxyl groups excluding tert-OH is 1. The summed E-state index contributed by atoms with van der Waals surface area (Å²) in [6, 6.07) is 9.06. The highest BCUT2D eigenvalue weighted by molar-refractivity contribution is 7.86. The first-order valence-electron chi connectivity index (χ1n) is 7.27. The number of anilines is 1. The van der Waals surface area contributed by atoms with E-state index in [4.69, 9.17) is 5.11 Å². The highest BCUT2D eigenvalue weighted by atomic mass is 32.2. The van der Waals surface area contributed by atoms with Crippen molar-refractivity contribution in [2.45, 2.75) is 4.90 Å². The predicted octanol–water partition coefficient (Wildman–Crippen LogP) is 0.743. The number of amides is 2. The number of nitrogens with zero attached hydrogens (tertiary/aromatic N) is 1. The fraction of sp³-hybridized carbons (Fsp3) is 0.125. The van der Waals surface area contributed by atoms with E-state index in [-0.39, 0.29) is 29.1 Å². The minimum atomic E-state index is -4.41. The van der Waals surface area contributed by atoms with Crippen molar-refractivity contribution >= 4 is 38.4 Å². The van der Waals surface area contributed by atoms with E-state index in [2.05, 4.69) is 5.32 Å². The summed E-state index contributed by atoms with van der Waals surface area (Å²) in [5.74, 6) is -1.12. The van der Waals surface area contributed by atoms with Crippen molar-refractivity contribution in [3.05, 3.63) is 48.2 Å². The summed E-state index contributed by atoms with van der Waals surface area (Å²) in [5.41, 5.74) is 0.421. The fourth-order valence-corrected chi connectivity index (χ4v) is 3.38. The van der Waals surface area contributed by atoms with Crippen LogP contribution < -0.4 is 5.32 Å². The summed E-state index contributed by atoms with van der Waals surface area (Å²) in [5, 5.41) is 12.5. The van der Waals surface area contributed by atoms with Crippen molar-refractivity contribution in [2.75, 3.05) is 18.5 Å². The Morgan fingerprint density at radius 1 is 1.04 bits per heavy atom. The van der Waals surface area contributed by atoms with Crippen LogP contribution >= 0.6 is 0 Å². The molecular formula is C16H14N2O6S. The van der Waals surface area contributed by atoms with Crippen molar-refractivity contribution in [3.63, 3.8) is 0 Å². The number of imide groups is 1. The smallest absolute Gasteiger partial charge is 0.295 e. The molecule has 0 spiro atoms. The lowest BCUT2D eigenvalue weighted by Gasteiger charge is -2.14. The van der Waals surface area contributed by atoms with Gasteiger partial charge in [-0.1, -0.05) is 24.3 Å². The minimum absolute atomic E-state index is 0.0169. The number of nitrogens with one attached hydrogen (secondary N) is 1. The first kappa shape index (κ1) is 17.1. The molecule has 0 atom stereocenters. The van der Waals surface area contributed by atoms with Crippen LogP contribution in [0.3, 0.4) is 0 Å². The zero-order valence-electron chi connectivity index (χ0n) is 12.8. The second-order valence-electron chi connectivity index (χ2n) is 5.33. The molecule has 8 nitrogen and oxygen atoms in total. The lowest BCUT2D eigenvalue weighted by atomic mass is 10.1. The Morgan fingerprint density at radius 2 is 1.72 bits per heavy atom. The van der Waals surface area contributed by atoms with E-state index in [1.807, 2.05) is 0 Å². The normalized spacial score (nSPS) is 15.0. The Bertz CT molecular complexity index is 1010. The molecule has 0 radical (unpaired) electrons. The topological polar surface area (TPSA) is 124 Å². The van der Waals surface area contributed by atoms with Crippen LogP contribution in [0.2, 0.25) is 0 Å². The van der Waals surface area contributed by atoms with Gasteiger partial charge in [0.15, 0.2) is 0 Å². The molecule has 3 N–H and O–H groups in total. The molecule has 1 heterocycles. The number of carbonyl (C=O) groups is 2. The van der Waals surface area contributed by atoms with Gasteiger partial charge in [-0.15, -0.1) is 0 Å². The number of β-amino-alcohol motifs (C(OH)–C–C–N with tert-alkyl or cyclic N) is 1. The molecule has 9 heteroatoms. The maximum absolute atomic E-state index is 12.2. The van der Waals surface area contributed by atoms with Crippen molar-refractivity contribution in [3.8, 4) is 0 Å². The molecule has 0 unspecified atom stereocenters. The van der Waals surface area contributed by atoms with Gasteiger partial charge in [-0.05, 0) is 12.1 Å². The van der Waals surface area contributed by atoms with Gasteiger partial charge in [0.05, 0.1) is 13.2 Å². The molecule has 0 bridgehead atoms. The first-order chi connectivity index (χ1) is 11.8. The van der Waals surface area contributed by atoms with E-state index in [1.54, 1.807) is 18.2 Å². The molecule has 0 saturated heterocycles. The van der Waals surface area contributed by atoms with Crippen LogP contribution in [0.15, 0.2) is 53.1 Å². The summed E-state index contributed by atoms with van der Waals surface area (Å²) in [6.45, 7) is -0.452. The van der Waals surface area contributed by atoms with E-state index < -0.39 is 21.9 Å². The van der Waals surface area contributed by atoms with E-state index in [0.717, 1.165) is 11.0 Å².